The summed E-state index contributed by atoms with van der Waals surface area (Å²) in [5.74, 6) is 1.49. The highest BCUT2D eigenvalue weighted by Gasteiger charge is 2.12. The Labute approximate surface area is 160 Å². The van der Waals surface area contributed by atoms with Crippen molar-refractivity contribution in [2.24, 2.45) is 0 Å². The lowest BCUT2D eigenvalue weighted by Gasteiger charge is -2.24. The molecule has 9 heteroatoms. The summed E-state index contributed by atoms with van der Waals surface area (Å²) in [6.07, 6.45) is 2.60. The second kappa shape index (κ2) is 8.79. The van der Waals surface area contributed by atoms with Crippen LogP contribution in [0, 0.1) is 0 Å². The largest absolute Gasteiger partial charge is 0.546 e. The molecule has 0 bridgehead atoms. The molecule has 1 aromatic carbocycles. The number of anilines is 3. The molecule has 1 atom stereocenters. The van der Waals surface area contributed by atoms with E-state index in [1.165, 1.54) is 0 Å². The van der Waals surface area contributed by atoms with Gasteiger partial charge >= 0.3 is 0 Å². The molecule has 0 saturated carbocycles. The lowest BCUT2D eigenvalue weighted by Crippen LogP contribution is -2.26. The summed E-state index contributed by atoms with van der Waals surface area (Å²) in [6, 6.07) is 13.6. The molecule has 0 aliphatic heterocycles. The number of pyridine rings is 1. The van der Waals surface area contributed by atoms with Crippen molar-refractivity contribution in [2.45, 2.75) is 13.0 Å². The highest BCUT2D eigenvalue weighted by molar-refractivity contribution is 7.14. The van der Waals surface area contributed by atoms with E-state index < -0.39 is 11.1 Å². The maximum atomic E-state index is 11.2. The van der Waals surface area contributed by atoms with Crippen LogP contribution in [0.1, 0.15) is 12.0 Å². The first-order valence-corrected chi connectivity index (χ1v) is 9.55. The average Bonchev–Trinajstić information content (AvgIpc) is 2.97. The zero-order chi connectivity index (χ0) is 18.4. The SMILES string of the molecule is Nc1n[s+]([O-])nc1NCCCN(Cc1ccc(Cl)cc1)c1ccccn1. The number of nitrogens with zero attached hydrogens (tertiary/aromatic N) is 4. The number of nitrogens with one attached hydrogen (secondary N) is 1. The fourth-order valence-electron chi connectivity index (χ4n) is 2.50. The molecule has 0 spiro atoms. The smallest absolute Gasteiger partial charge is 0.232 e. The third-order valence-electron chi connectivity index (χ3n) is 3.75. The fraction of sp³-hybridized carbons (Fsp3) is 0.235. The number of aromatic nitrogens is 3. The van der Waals surface area contributed by atoms with E-state index in [1.54, 1.807) is 6.20 Å². The number of hydrogen-bond acceptors (Lipinski definition) is 7. The van der Waals surface area contributed by atoms with Crippen LogP contribution in [0.25, 0.3) is 0 Å². The Balaban J connectivity index is 1.60. The fourth-order valence-corrected chi connectivity index (χ4v) is 3.23. The van der Waals surface area contributed by atoms with E-state index in [2.05, 4.69) is 23.9 Å². The summed E-state index contributed by atoms with van der Waals surface area (Å²) in [5.41, 5.74) is 6.80. The van der Waals surface area contributed by atoms with Crippen LogP contribution in [0.2, 0.25) is 5.02 Å². The van der Waals surface area contributed by atoms with Gasteiger partial charge in [-0.3, -0.25) is 0 Å². The molecule has 0 radical (unpaired) electrons. The molecule has 2 heterocycles. The third kappa shape index (κ3) is 5.04. The zero-order valence-corrected chi connectivity index (χ0v) is 15.6. The van der Waals surface area contributed by atoms with Crippen molar-refractivity contribution in [3.8, 4) is 0 Å². The Hall–Kier alpha value is -2.42. The predicted octanol–water partition coefficient (Wildman–Crippen LogP) is 3.34. The summed E-state index contributed by atoms with van der Waals surface area (Å²) in [7, 11) is 0. The van der Waals surface area contributed by atoms with E-state index in [-0.39, 0.29) is 5.82 Å². The summed E-state index contributed by atoms with van der Waals surface area (Å²) in [4.78, 5) is 6.64. The summed E-state index contributed by atoms with van der Waals surface area (Å²) in [6.45, 7) is 2.14. The van der Waals surface area contributed by atoms with Crippen LogP contribution in [0.3, 0.4) is 0 Å². The van der Waals surface area contributed by atoms with Crippen LogP contribution in [0.15, 0.2) is 48.7 Å². The van der Waals surface area contributed by atoms with Gasteiger partial charge in [0.05, 0.1) is 0 Å². The number of halogens is 1. The first kappa shape index (κ1) is 18.4. The van der Waals surface area contributed by atoms with Crippen LogP contribution < -0.4 is 16.0 Å². The van der Waals surface area contributed by atoms with Crippen LogP contribution in [0.4, 0.5) is 17.5 Å². The van der Waals surface area contributed by atoms with Gasteiger partial charge in [0, 0.05) is 39.6 Å². The Morgan fingerprint density at radius 2 is 1.96 bits per heavy atom. The zero-order valence-electron chi connectivity index (χ0n) is 14.0. The number of hydrogen-bond donors (Lipinski definition) is 2. The second-order valence-corrected chi connectivity index (χ2v) is 6.93. The standard InChI is InChI=1S/C17H19ClN6OS/c18-14-7-5-13(6-8-14)12-24(15-4-1-2-9-20-15)11-3-10-21-17-16(19)22-26(25)23-17/h1-2,4-9H,3,10-12H2,(H2,19,22)(H,21,23). The molecule has 0 saturated heterocycles. The quantitative estimate of drug-likeness (QED) is 0.449. The minimum absolute atomic E-state index is 0.186. The monoisotopic (exact) mass is 390 g/mol. The van der Waals surface area contributed by atoms with Gasteiger partial charge < -0.3 is 20.5 Å². The lowest BCUT2D eigenvalue weighted by atomic mass is 10.2. The molecule has 2 aromatic heterocycles. The number of benzene rings is 1. The van der Waals surface area contributed by atoms with Crippen LogP contribution in [-0.4, -0.2) is 31.4 Å². The van der Waals surface area contributed by atoms with Gasteiger partial charge in [-0.05, 0) is 36.2 Å². The summed E-state index contributed by atoms with van der Waals surface area (Å²) in [5, 5.41) is 3.80. The molecule has 1 unspecified atom stereocenters. The van der Waals surface area contributed by atoms with Crippen molar-refractivity contribution in [2.75, 3.05) is 29.0 Å². The van der Waals surface area contributed by atoms with Gasteiger partial charge in [-0.15, -0.1) is 0 Å². The molecular formula is C17H19ClN6OS. The summed E-state index contributed by atoms with van der Waals surface area (Å²) >= 11 is 4.37. The molecule has 136 valence electrons. The van der Waals surface area contributed by atoms with E-state index in [9.17, 15) is 4.55 Å². The van der Waals surface area contributed by atoms with Gasteiger partial charge in [0.15, 0.2) is 11.1 Å². The normalized spacial score (nSPS) is 11.4. The van der Waals surface area contributed by atoms with E-state index >= 15 is 0 Å². The van der Waals surface area contributed by atoms with Crippen molar-refractivity contribution in [3.63, 3.8) is 0 Å². The molecule has 3 aromatic rings. The molecular weight excluding hydrogens is 372 g/mol. The molecule has 0 aliphatic rings. The van der Waals surface area contributed by atoms with Crippen LogP contribution in [-0.2, 0) is 6.54 Å². The van der Waals surface area contributed by atoms with E-state index in [0.717, 1.165) is 35.9 Å². The number of nitrogens with two attached hydrogens (primary N) is 1. The van der Waals surface area contributed by atoms with Crippen molar-refractivity contribution in [1.82, 2.24) is 13.7 Å². The van der Waals surface area contributed by atoms with Crippen molar-refractivity contribution in [3.05, 3.63) is 59.2 Å². The average molecular weight is 391 g/mol. The second-order valence-electron chi connectivity index (χ2n) is 5.66. The van der Waals surface area contributed by atoms with Crippen LogP contribution in [0.5, 0.6) is 0 Å². The molecule has 26 heavy (non-hydrogen) atoms. The highest BCUT2D eigenvalue weighted by Crippen LogP contribution is 2.19. The minimum Gasteiger partial charge on any atom is -0.546 e. The summed E-state index contributed by atoms with van der Waals surface area (Å²) < 4.78 is 18.7. The van der Waals surface area contributed by atoms with Gasteiger partial charge in [-0.1, -0.05) is 29.8 Å². The first-order valence-electron chi connectivity index (χ1n) is 8.11. The Morgan fingerprint density at radius 3 is 2.62 bits per heavy atom. The Morgan fingerprint density at radius 1 is 1.15 bits per heavy atom. The van der Waals surface area contributed by atoms with E-state index in [0.29, 0.717) is 12.4 Å². The molecule has 0 fully saturated rings. The number of nitrogen functional groups attached to an aromatic ring is 1. The van der Waals surface area contributed by atoms with Crippen molar-refractivity contribution < 1.29 is 4.55 Å². The Kier molecular flexibility index (Phi) is 6.21. The van der Waals surface area contributed by atoms with Gasteiger partial charge in [0.25, 0.3) is 0 Å². The highest BCUT2D eigenvalue weighted by atomic mass is 35.5. The lowest BCUT2D eigenvalue weighted by molar-refractivity contribution is 0.585. The maximum absolute atomic E-state index is 11.2. The topological polar surface area (TPSA) is 103 Å². The van der Waals surface area contributed by atoms with Crippen LogP contribution >= 0.6 is 22.7 Å². The predicted molar refractivity (Wildman–Crippen MR) is 105 cm³/mol. The van der Waals surface area contributed by atoms with Gasteiger partial charge in [-0.2, -0.15) is 0 Å². The van der Waals surface area contributed by atoms with E-state index in [1.807, 2.05) is 42.5 Å². The number of rotatable bonds is 8. The van der Waals surface area contributed by atoms with Crippen molar-refractivity contribution in [1.29, 1.82) is 0 Å². The van der Waals surface area contributed by atoms with Gasteiger partial charge in [0.2, 0.25) is 11.6 Å². The minimum atomic E-state index is -1.60. The molecule has 0 aliphatic carbocycles. The van der Waals surface area contributed by atoms with Crippen molar-refractivity contribution >= 4 is 40.2 Å². The maximum Gasteiger partial charge on any atom is 0.232 e. The van der Waals surface area contributed by atoms with E-state index in [4.69, 9.17) is 17.3 Å². The molecule has 3 rings (SSSR count). The first-order chi connectivity index (χ1) is 12.6. The molecule has 0 amide bonds. The van der Waals surface area contributed by atoms with Gasteiger partial charge in [0.1, 0.15) is 5.82 Å². The molecule has 7 nitrogen and oxygen atoms in total. The molecule has 3 N–H and O–H groups in total. The third-order valence-corrected chi connectivity index (χ3v) is 4.69. The van der Waals surface area contributed by atoms with Gasteiger partial charge in [-0.25, -0.2) is 4.98 Å². The Bertz CT molecular complexity index is 827.